The van der Waals surface area contributed by atoms with Gasteiger partial charge in [-0.25, -0.2) is 9.59 Å². The zero-order valence-electron chi connectivity index (χ0n) is 20.2. The number of carbonyl (C=O) groups is 3. The van der Waals surface area contributed by atoms with Gasteiger partial charge in [0.25, 0.3) is 5.78 Å². The van der Waals surface area contributed by atoms with E-state index in [0.29, 0.717) is 6.42 Å². The number of ketones is 1. The molecule has 0 spiro atoms. The molecule has 6 atom stereocenters. The maximum atomic E-state index is 12.8. The summed E-state index contributed by atoms with van der Waals surface area (Å²) in [5, 5.41) is 0. The Morgan fingerprint density at radius 2 is 1.88 bits per heavy atom. The number of rotatable bonds is 12. The van der Waals surface area contributed by atoms with E-state index in [0.717, 1.165) is 12.8 Å². The van der Waals surface area contributed by atoms with Gasteiger partial charge in [0, 0.05) is 37.0 Å². The first-order valence-corrected chi connectivity index (χ1v) is 11.6. The van der Waals surface area contributed by atoms with Gasteiger partial charge in [-0.1, -0.05) is 69.3 Å². The van der Waals surface area contributed by atoms with Gasteiger partial charge in [0.2, 0.25) is 0 Å². The van der Waals surface area contributed by atoms with Gasteiger partial charge < -0.3 is 14.2 Å². The number of carbonyl (C=O) groups excluding carboxylic acids is 3. The Morgan fingerprint density at radius 1 is 1.18 bits per heavy atom. The van der Waals surface area contributed by atoms with Crippen molar-refractivity contribution in [2.24, 2.45) is 17.8 Å². The maximum absolute atomic E-state index is 12.8. The summed E-state index contributed by atoms with van der Waals surface area (Å²) in [5.74, 6) is -2.08. The summed E-state index contributed by atoms with van der Waals surface area (Å²) in [6, 6.07) is 8.34. The van der Waals surface area contributed by atoms with E-state index < -0.39 is 29.9 Å². The first-order valence-electron chi connectivity index (χ1n) is 11.6. The molecule has 6 nitrogen and oxygen atoms in total. The van der Waals surface area contributed by atoms with Crippen molar-refractivity contribution in [1.82, 2.24) is 0 Å². The van der Waals surface area contributed by atoms with Crippen molar-refractivity contribution in [2.45, 2.75) is 65.3 Å². The highest BCUT2D eigenvalue weighted by Gasteiger charge is 2.38. The van der Waals surface area contributed by atoms with E-state index in [1.165, 1.54) is 6.08 Å². The Kier molecular flexibility index (Phi) is 10.5. The lowest BCUT2D eigenvalue weighted by atomic mass is 9.83. The second kappa shape index (κ2) is 13.1. The van der Waals surface area contributed by atoms with Crippen molar-refractivity contribution in [3.63, 3.8) is 0 Å². The summed E-state index contributed by atoms with van der Waals surface area (Å²) in [6.45, 7) is 8.01. The van der Waals surface area contributed by atoms with Gasteiger partial charge in [-0.15, -0.1) is 0 Å². The minimum atomic E-state index is -0.917. The molecular weight excluding hydrogens is 420 g/mol. The zero-order valence-corrected chi connectivity index (χ0v) is 20.2. The largest absolute Gasteiger partial charge is 0.458 e. The van der Waals surface area contributed by atoms with Crippen LogP contribution in [0.1, 0.15) is 57.3 Å². The molecule has 0 saturated heterocycles. The van der Waals surface area contributed by atoms with Crippen LogP contribution in [0.5, 0.6) is 0 Å². The summed E-state index contributed by atoms with van der Waals surface area (Å²) in [6.07, 6.45) is 7.89. The third kappa shape index (κ3) is 7.39. The molecule has 180 valence electrons. The van der Waals surface area contributed by atoms with Crippen molar-refractivity contribution in [3.8, 4) is 0 Å². The molecule has 0 N–H and O–H groups in total. The summed E-state index contributed by atoms with van der Waals surface area (Å²) < 4.78 is 17.2. The van der Waals surface area contributed by atoms with Crippen molar-refractivity contribution < 1.29 is 28.6 Å². The summed E-state index contributed by atoms with van der Waals surface area (Å²) in [7, 11) is 1.64. The van der Waals surface area contributed by atoms with Crippen molar-refractivity contribution in [3.05, 3.63) is 60.2 Å². The Morgan fingerprint density at radius 3 is 2.48 bits per heavy atom. The second-order valence-electron chi connectivity index (χ2n) is 8.62. The lowest BCUT2D eigenvalue weighted by Crippen LogP contribution is -2.43. The zero-order chi connectivity index (χ0) is 24.4. The van der Waals surface area contributed by atoms with E-state index in [2.05, 4.69) is 13.0 Å². The van der Waals surface area contributed by atoms with Crippen molar-refractivity contribution in [1.29, 1.82) is 0 Å². The van der Waals surface area contributed by atoms with E-state index in [9.17, 15) is 14.4 Å². The highest BCUT2D eigenvalue weighted by atomic mass is 16.6. The van der Waals surface area contributed by atoms with Crippen LogP contribution in [0.2, 0.25) is 0 Å². The first kappa shape index (κ1) is 26.5. The number of hydrogen-bond acceptors (Lipinski definition) is 6. The fourth-order valence-electron chi connectivity index (χ4n) is 4.38. The molecule has 0 aromatic heterocycles. The van der Waals surface area contributed by atoms with E-state index >= 15 is 0 Å². The van der Waals surface area contributed by atoms with Crippen LogP contribution in [0.25, 0.3) is 0 Å². The number of allylic oxidation sites excluding steroid dienone is 2. The van der Waals surface area contributed by atoms with Crippen LogP contribution in [-0.4, -0.2) is 43.1 Å². The predicted molar refractivity (Wildman–Crippen MR) is 127 cm³/mol. The van der Waals surface area contributed by atoms with E-state index in [-0.39, 0.29) is 29.4 Å². The number of benzene rings is 1. The molecular formula is C27H36O6. The summed E-state index contributed by atoms with van der Waals surface area (Å²) in [5.41, 5.74) is 0.275. The molecule has 0 unspecified atom stereocenters. The number of ether oxygens (including phenoxy) is 3. The monoisotopic (exact) mass is 456 g/mol. The molecule has 0 aliphatic carbocycles. The molecule has 0 amide bonds. The minimum Gasteiger partial charge on any atom is -0.458 e. The average Bonchev–Trinajstić information content (AvgIpc) is 2.82. The fraction of sp³-hybridized carbons (Fsp3) is 0.519. The normalized spacial score (nSPS) is 21.8. The first-order chi connectivity index (χ1) is 15.8. The number of Topliss-reactive ketones (excluding diaryl/α,β-unsaturated/α-hetero) is 1. The van der Waals surface area contributed by atoms with Crippen LogP contribution in [0, 0.1) is 17.8 Å². The van der Waals surface area contributed by atoms with E-state index in [1.54, 1.807) is 37.4 Å². The van der Waals surface area contributed by atoms with E-state index in [4.69, 9.17) is 14.2 Å². The highest BCUT2D eigenvalue weighted by Crippen LogP contribution is 2.31. The van der Waals surface area contributed by atoms with Gasteiger partial charge >= 0.3 is 11.9 Å². The van der Waals surface area contributed by atoms with Gasteiger partial charge in [0.1, 0.15) is 12.2 Å². The number of methoxy groups -OCH3 is 1. The quantitative estimate of drug-likeness (QED) is 0.192. The molecule has 0 saturated carbocycles. The Hall–Kier alpha value is -2.73. The second-order valence-corrected chi connectivity index (χ2v) is 8.62. The lowest BCUT2D eigenvalue weighted by Gasteiger charge is -2.36. The standard InChI is InChI=1S/C27H36O6/c1-6-8-12-18(3)26(31-5)19(4)22(17-23-20(7-2)15-16-24(28)32-23)33-27(30)25(29)21-13-10-9-11-14-21/h6,8-11,13-16,18-20,22-23,26H,7,12,17H2,1-5H3/b8-6+/t18-,19-,20+,22+,23+,26+/m0/s1. The van der Waals surface area contributed by atoms with Crippen LogP contribution in [-0.2, 0) is 23.8 Å². The highest BCUT2D eigenvalue weighted by molar-refractivity contribution is 6.40. The molecule has 2 rings (SSSR count). The molecule has 1 aromatic rings. The van der Waals surface area contributed by atoms with Crippen LogP contribution in [0.4, 0.5) is 0 Å². The van der Waals surface area contributed by atoms with Crippen LogP contribution in [0.15, 0.2) is 54.6 Å². The van der Waals surface area contributed by atoms with Gasteiger partial charge in [-0.3, -0.25) is 4.79 Å². The van der Waals surface area contributed by atoms with Crippen molar-refractivity contribution in [2.75, 3.05) is 7.11 Å². The summed E-state index contributed by atoms with van der Waals surface area (Å²) in [4.78, 5) is 37.4. The van der Waals surface area contributed by atoms with Crippen molar-refractivity contribution >= 4 is 17.7 Å². The van der Waals surface area contributed by atoms with Gasteiger partial charge in [-0.05, 0) is 25.7 Å². The SMILES string of the molecule is C/C=C/C[C@H](C)[C@@H](OC)[C@@H](C)[C@@H](C[C@H]1OC(=O)C=C[C@H]1CC)OC(=O)C(=O)c1ccccc1. The average molecular weight is 457 g/mol. The number of esters is 2. The van der Waals surface area contributed by atoms with E-state index in [1.807, 2.05) is 32.9 Å². The smallest absolute Gasteiger partial charge is 0.379 e. The molecule has 0 bridgehead atoms. The molecule has 33 heavy (non-hydrogen) atoms. The third-order valence-electron chi connectivity index (χ3n) is 6.32. The Bertz CT molecular complexity index is 843. The minimum absolute atomic E-state index is 0.0161. The number of hydrogen-bond donors (Lipinski definition) is 0. The molecule has 6 heteroatoms. The topological polar surface area (TPSA) is 78.9 Å². The Labute approximate surface area is 197 Å². The third-order valence-corrected chi connectivity index (χ3v) is 6.32. The van der Waals surface area contributed by atoms with Gasteiger partial charge in [0.05, 0.1) is 6.10 Å². The predicted octanol–water partition coefficient (Wildman–Crippen LogP) is 4.93. The maximum Gasteiger partial charge on any atom is 0.379 e. The van der Waals surface area contributed by atoms with Crippen LogP contribution in [0.3, 0.4) is 0 Å². The molecule has 1 aliphatic heterocycles. The van der Waals surface area contributed by atoms with Crippen LogP contribution < -0.4 is 0 Å². The molecule has 1 heterocycles. The fourth-order valence-corrected chi connectivity index (χ4v) is 4.38. The van der Waals surface area contributed by atoms with Crippen LogP contribution >= 0.6 is 0 Å². The number of cyclic esters (lactones) is 1. The molecule has 1 aliphatic rings. The lowest BCUT2D eigenvalue weighted by molar-refractivity contribution is -0.158. The Balaban J connectivity index is 2.27. The molecule has 0 radical (unpaired) electrons. The van der Waals surface area contributed by atoms with Gasteiger partial charge in [-0.2, -0.15) is 0 Å². The molecule has 1 aromatic carbocycles. The van der Waals surface area contributed by atoms with Gasteiger partial charge in [0.15, 0.2) is 0 Å². The molecule has 0 fully saturated rings. The summed E-state index contributed by atoms with van der Waals surface area (Å²) >= 11 is 0.